The van der Waals surface area contributed by atoms with E-state index in [-0.39, 0.29) is 18.5 Å². The van der Waals surface area contributed by atoms with Gasteiger partial charge in [0.1, 0.15) is 0 Å². The first-order valence-electron chi connectivity index (χ1n) is 23.7. The van der Waals surface area contributed by atoms with E-state index < -0.39 is 0 Å². The highest BCUT2D eigenvalue weighted by Crippen LogP contribution is 2.12. The van der Waals surface area contributed by atoms with Crippen molar-refractivity contribution in [3.05, 3.63) is 0 Å². The Morgan fingerprint density at radius 3 is 0.943 bits per heavy atom. The van der Waals surface area contributed by atoms with E-state index in [2.05, 4.69) is 32.6 Å². The standard InChI is InChI=1S/C34H67NO5.C11H24.C2H6/c1-3-5-7-9-10-18-24-32-40-34(38)26-20-14-12-16-22-28-35(29-30-36)27-21-15-11-13-19-25-33(37)39-31-23-17-8-6-4-2;1-3-5-7-9-11-10-8-6-4-2;1-2/h36H,3-32H2,1-2H3;3-11H2,1-2H3;1-2H3. The molecule has 0 atom stereocenters. The van der Waals surface area contributed by atoms with E-state index in [0.29, 0.717) is 26.1 Å². The van der Waals surface area contributed by atoms with Crippen molar-refractivity contribution >= 4 is 11.9 Å². The van der Waals surface area contributed by atoms with E-state index in [1.807, 2.05) is 13.8 Å². The van der Waals surface area contributed by atoms with Crippen LogP contribution in [0.25, 0.3) is 0 Å². The minimum Gasteiger partial charge on any atom is -0.466 e. The molecule has 0 heterocycles. The summed E-state index contributed by atoms with van der Waals surface area (Å²) in [4.78, 5) is 26.1. The summed E-state index contributed by atoms with van der Waals surface area (Å²) in [5.74, 6) is -0.0726. The van der Waals surface area contributed by atoms with E-state index in [1.165, 1.54) is 128 Å². The summed E-state index contributed by atoms with van der Waals surface area (Å²) in [6.07, 6.45) is 39.6. The molecule has 0 rings (SSSR count). The number of ether oxygens (including phenoxy) is 2. The summed E-state index contributed by atoms with van der Waals surface area (Å²) in [5.41, 5.74) is 0. The highest BCUT2D eigenvalue weighted by atomic mass is 16.5. The Bertz CT molecular complexity index is 665. The molecule has 0 bridgehead atoms. The zero-order valence-corrected chi connectivity index (χ0v) is 37.1. The number of aliphatic hydroxyl groups excluding tert-OH is 1. The maximum Gasteiger partial charge on any atom is 0.305 e. The maximum atomic E-state index is 11.9. The van der Waals surface area contributed by atoms with Crippen LogP contribution in [-0.4, -0.2) is 61.4 Å². The smallest absolute Gasteiger partial charge is 0.305 e. The number of rotatable bonds is 40. The van der Waals surface area contributed by atoms with Crippen LogP contribution in [0.3, 0.4) is 0 Å². The number of esters is 2. The largest absolute Gasteiger partial charge is 0.466 e. The molecular formula is C47H97NO5. The zero-order chi connectivity index (χ0) is 39.7. The molecule has 0 radical (unpaired) electrons. The second-order valence-electron chi connectivity index (χ2n) is 15.1. The first-order valence-corrected chi connectivity index (χ1v) is 23.7. The van der Waals surface area contributed by atoms with Gasteiger partial charge >= 0.3 is 11.9 Å². The van der Waals surface area contributed by atoms with E-state index in [1.54, 1.807) is 0 Å². The van der Waals surface area contributed by atoms with Crippen molar-refractivity contribution in [3.8, 4) is 0 Å². The molecule has 0 amide bonds. The molecular weight excluding hydrogens is 659 g/mol. The Morgan fingerprint density at radius 2 is 0.642 bits per heavy atom. The average Bonchev–Trinajstić information content (AvgIpc) is 3.17. The summed E-state index contributed by atoms with van der Waals surface area (Å²) >= 11 is 0. The average molecular weight is 756 g/mol. The lowest BCUT2D eigenvalue weighted by Crippen LogP contribution is -2.29. The lowest BCUT2D eigenvalue weighted by atomic mass is 10.1. The maximum absolute atomic E-state index is 11.9. The van der Waals surface area contributed by atoms with Crippen LogP contribution in [0.1, 0.15) is 253 Å². The molecule has 53 heavy (non-hydrogen) atoms. The van der Waals surface area contributed by atoms with Gasteiger partial charge in [0.25, 0.3) is 0 Å². The predicted octanol–water partition coefficient (Wildman–Crippen LogP) is 14.3. The first-order chi connectivity index (χ1) is 26.0. The van der Waals surface area contributed by atoms with Crippen molar-refractivity contribution in [1.82, 2.24) is 4.90 Å². The summed E-state index contributed by atoms with van der Waals surface area (Å²) < 4.78 is 10.7. The van der Waals surface area contributed by atoms with Gasteiger partial charge in [-0.2, -0.15) is 0 Å². The molecule has 0 unspecified atom stereocenters. The molecule has 0 aliphatic carbocycles. The zero-order valence-electron chi connectivity index (χ0n) is 37.1. The molecule has 0 saturated heterocycles. The molecule has 6 nitrogen and oxygen atoms in total. The second-order valence-corrected chi connectivity index (χ2v) is 15.1. The van der Waals surface area contributed by atoms with E-state index in [9.17, 15) is 14.7 Å². The Labute approximate surface area is 333 Å². The molecule has 320 valence electrons. The van der Waals surface area contributed by atoms with Crippen LogP contribution < -0.4 is 0 Å². The van der Waals surface area contributed by atoms with Gasteiger partial charge in [-0.25, -0.2) is 0 Å². The van der Waals surface area contributed by atoms with Gasteiger partial charge in [0.05, 0.1) is 19.8 Å². The number of hydrogen-bond donors (Lipinski definition) is 1. The Kier molecular flexibility index (Phi) is 56.2. The van der Waals surface area contributed by atoms with Gasteiger partial charge in [-0.15, -0.1) is 0 Å². The van der Waals surface area contributed by atoms with Crippen LogP contribution in [-0.2, 0) is 19.1 Å². The predicted molar refractivity (Wildman–Crippen MR) is 232 cm³/mol. The molecule has 0 aliphatic rings. The van der Waals surface area contributed by atoms with Crippen LogP contribution in [0.4, 0.5) is 0 Å². The molecule has 1 N–H and O–H groups in total. The van der Waals surface area contributed by atoms with Crippen molar-refractivity contribution in [2.75, 3.05) is 39.5 Å². The van der Waals surface area contributed by atoms with E-state index >= 15 is 0 Å². The van der Waals surface area contributed by atoms with Gasteiger partial charge in [0, 0.05) is 19.4 Å². The van der Waals surface area contributed by atoms with Crippen molar-refractivity contribution in [3.63, 3.8) is 0 Å². The van der Waals surface area contributed by atoms with Crippen molar-refractivity contribution in [1.29, 1.82) is 0 Å². The van der Waals surface area contributed by atoms with Crippen LogP contribution >= 0.6 is 0 Å². The minimum atomic E-state index is -0.0386. The van der Waals surface area contributed by atoms with Crippen molar-refractivity contribution in [2.45, 2.75) is 253 Å². The van der Waals surface area contributed by atoms with Crippen LogP contribution in [0.15, 0.2) is 0 Å². The van der Waals surface area contributed by atoms with Crippen LogP contribution in [0, 0.1) is 0 Å². The highest BCUT2D eigenvalue weighted by molar-refractivity contribution is 5.69. The number of nitrogens with zero attached hydrogens (tertiary/aromatic N) is 1. The first kappa shape index (κ1) is 56.2. The topological polar surface area (TPSA) is 76.1 Å². The second kappa shape index (κ2) is 53.0. The number of aliphatic hydroxyl groups is 1. The van der Waals surface area contributed by atoms with Gasteiger partial charge in [-0.3, -0.25) is 9.59 Å². The fraction of sp³-hybridized carbons (Fsp3) is 0.957. The Balaban J connectivity index is -0.00000163. The van der Waals surface area contributed by atoms with Crippen molar-refractivity contribution < 1.29 is 24.2 Å². The molecule has 0 aromatic rings. The van der Waals surface area contributed by atoms with Gasteiger partial charge in [-0.05, 0) is 51.6 Å². The SMILES string of the molecule is CC.CCCCCCCCCCC.CCCCCCCCCOC(=O)CCCCCCCN(CCO)CCCCCCCC(=O)OCCCCCCC. The van der Waals surface area contributed by atoms with Gasteiger partial charge < -0.3 is 19.5 Å². The summed E-state index contributed by atoms with van der Waals surface area (Å²) in [5, 5.41) is 9.41. The minimum absolute atomic E-state index is 0.0341. The fourth-order valence-corrected chi connectivity index (χ4v) is 6.41. The molecule has 0 saturated carbocycles. The van der Waals surface area contributed by atoms with Gasteiger partial charge in [0.15, 0.2) is 0 Å². The van der Waals surface area contributed by atoms with Crippen molar-refractivity contribution in [2.24, 2.45) is 0 Å². The number of unbranched alkanes of at least 4 members (excludes halogenated alkanes) is 26. The van der Waals surface area contributed by atoms with E-state index in [0.717, 1.165) is 90.3 Å². The number of hydrogen-bond acceptors (Lipinski definition) is 6. The van der Waals surface area contributed by atoms with Crippen LogP contribution in [0.2, 0.25) is 0 Å². The molecule has 6 heteroatoms. The van der Waals surface area contributed by atoms with Gasteiger partial charge in [0.2, 0.25) is 0 Å². The highest BCUT2D eigenvalue weighted by Gasteiger charge is 2.06. The third-order valence-electron chi connectivity index (χ3n) is 9.86. The molecule has 0 aliphatic heterocycles. The quantitative estimate of drug-likeness (QED) is 0.0496. The lowest BCUT2D eigenvalue weighted by Gasteiger charge is -2.21. The third kappa shape index (κ3) is 53.0. The normalized spacial score (nSPS) is 10.8. The van der Waals surface area contributed by atoms with E-state index in [4.69, 9.17) is 9.47 Å². The fourth-order valence-electron chi connectivity index (χ4n) is 6.41. The summed E-state index contributed by atoms with van der Waals surface area (Å²) in [6, 6.07) is 0. The Hall–Kier alpha value is -1.14. The lowest BCUT2D eigenvalue weighted by molar-refractivity contribution is -0.144. The van der Waals surface area contributed by atoms with Gasteiger partial charge in [-0.1, -0.05) is 202 Å². The monoisotopic (exact) mass is 756 g/mol. The summed E-state index contributed by atoms with van der Waals surface area (Å²) in [7, 11) is 0. The molecule has 0 fully saturated rings. The molecule has 0 spiro atoms. The molecule has 0 aromatic heterocycles. The number of carbonyl (C=O) groups is 2. The number of carbonyl (C=O) groups excluding carboxylic acids is 2. The summed E-state index contributed by atoms with van der Waals surface area (Å²) in [6.45, 7) is 17.2. The molecule has 0 aromatic carbocycles. The van der Waals surface area contributed by atoms with Crippen LogP contribution in [0.5, 0.6) is 0 Å². The third-order valence-corrected chi connectivity index (χ3v) is 9.86. The Morgan fingerprint density at radius 1 is 0.377 bits per heavy atom.